The molecular weight excluding hydrogens is 92.1 g/mol. The van der Waals surface area contributed by atoms with Gasteiger partial charge in [-0.2, -0.15) is 0 Å². The van der Waals surface area contributed by atoms with Crippen LogP contribution in [0, 0.1) is 6.92 Å². The lowest BCUT2D eigenvalue weighted by Gasteiger charge is -1.95. The molecule has 2 heteroatoms. The molecule has 0 aromatic carbocycles. The summed E-state index contributed by atoms with van der Waals surface area (Å²) in [6, 6.07) is 0. The van der Waals surface area contributed by atoms with E-state index in [1.54, 1.807) is 7.11 Å². The number of hydrogen-bond donors (Lipinski definition) is 0. The predicted octanol–water partition coefficient (Wildman–Crippen LogP) is 0.360. The van der Waals surface area contributed by atoms with Crippen LogP contribution in [0.4, 0.5) is 0 Å². The Morgan fingerprint density at radius 2 is 2.14 bits per heavy atom. The normalized spacial score (nSPS) is 9.43. The standard InChI is InChI=1S/C5H10O2/c1-3-7-5-4-6-2/h1H,3-5H2,2H3. The molecule has 0 aromatic rings. The molecule has 42 valence electrons. The second kappa shape index (κ2) is 5.92. The van der Waals surface area contributed by atoms with Crippen LogP contribution in [0.1, 0.15) is 0 Å². The van der Waals surface area contributed by atoms with Crippen LogP contribution < -0.4 is 0 Å². The maximum absolute atomic E-state index is 4.99. The summed E-state index contributed by atoms with van der Waals surface area (Å²) < 4.78 is 9.39. The molecule has 2 nitrogen and oxygen atoms in total. The van der Waals surface area contributed by atoms with E-state index in [-0.39, 0.29) is 6.61 Å². The molecule has 0 N–H and O–H groups in total. The quantitative estimate of drug-likeness (QED) is 0.477. The molecule has 0 rings (SSSR count). The Hall–Kier alpha value is -0.0800. The Balaban J connectivity index is 2.45. The molecular formula is C5H10O2. The predicted molar refractivity (Wildman–Crippen MR) is 27.0 cm³/mol. The van der Waals surface area contributed by atoms with E-state index in [1.807, 2.05) is 0 Å². The van der Waals surface area contributed by atoms with Gasteiger partial charge in [0.05, 0.1) is 19.8 Å². The highest BCUT2D eigenvalue weighted by Crippen LogP contribution is 1.71. The minimum absolute atomic E-state index is 0.281. The van der Waals surface area contributed by atoms with E-state index < -0.39 is 0 Å². The van der Waals surface area contributed by atoms with E-state index >= 15 is 0 Å². The maximum Gasteiger partial charge on any atom is 0.0700 e. The van der Waals surface area contributed by atoms with Gasteiger partial charge in [0.25, 0.3) is 0 Å². The van der Waals surface area contributed by atoms with E-state index in [1.165, 1.54) is 0 Å². The zero-order chi connectivity index (χ0) is 5.54. The highest BCUT2D eigenvalue weighted by molar-refractivity contribution is 4.30. The smallest absolute Gasteiger partial charge is 0.0700 e. The van der Waals surface area contributed by atoms with Crippen molar-refractivity contribution in [3.63, 3.8) is 0 Å². The average molecular weight is 102 g/mol. The molecule has 0 amide bonds. The second-order valence-electron chi connectivity index (χ2n) is 1.07. The topological polar surface area (TPSA) is 18.5 Å². The summed E-state index contributed by atoms with van der Waals surface area (Å²) in [4.78, 5) is 0. The molecule has 0 unspecified atom stereocenters. The fourth-order valence-corrected chi connectivity index (χ4v) is 0.226. The number of methoxy groups -OCH3 is 1. The Morgan fingerprint density at radius 3 is 2.57 bits per heavy atom. The van der Waals surface area contributed by atoms with E-state index in [0.717, 1.165) is 0 Å². The summed E-state index contributed by atoms with van der Waals surface area (Å²) in [5, 5.41) is 0. The van der Waals surface area contributed by atoms with Crippen LogP contribution in [-0.4, -0.2) is 26.9 Å². The van der Waals surface area contributed by atoms with Gasteiger partial charge in [0.15, 0.2) is 0 Å². The van der Waals surface area contributed by atoms with Crippen LogP contribution in [0.15, 0.2) is 0 Å². The Morgan fingerprint density at radius 1 is 1.43 bits per heavy atom. The van der Waals surface area contributed by atoms with Gasteiger partial charge in [-0.3, -0.25) is 0 Å². The van der Waals surface area contributed by atoms with Crippen molar-refractivity contribution in [2.24, 2.45) is 0 Å². The lowest BCUT2D eigenvalue weighted by molar-refractivity contribution is 0.0846. The van der Waals surface area contributed by atoms with Crippen LogP contribution in [0.5, 0.6) is 0 Å². The minimum atomic E-state index is 0.281. The first-order chi connectivity index (χ1) is 3.41. The third-order valence-electron chi connectivity index (χ3n) is 0.550. The molecule has 0 spiro atoms. The summed E-state index contributed by atoms with van der Waals surface area (Å²) in [5.41, 5.74) is 0. The van der Waals surface area contributed by atoms with Gasteiger partial charge in [-0.25, -0.2) is 0 Å². The van der Waals surface area contributed by atoms with Crippen LogP contribution in [0.25, 0.3) is 0 Å². The van der Waals surface area contributed by atoms with Crippen molar-refractivity contribution in [2.75, 3.05) is 26.9 Å². The minimum Gasteiger partial charge on any atom is -0.382 e. The molecule has 0 atom stereocenters. The largest absolute Gasteiger partial charge is 0.382 e. The monoisotopic (exact) mass is 102 g/mol. The van der Waals surface area contributed by atoms with Crippen molar-refractivity contribution in [2.45, 2.75) is 0 Å². The Kier molecular flexibility index (Phi) is 5.85. The summed E-state index contributed by atoms with van der Waals surface area (Å²) >= 11 is 0. The van der Waals surface area contributed by atoms with Crippen molar-refractivity contribution >= 4 is 0 Å². The third-order valence-corrected chi connectivity index (χ3v) is 0.550. The summed E-state index contributed by atoms with van der Waals surface area (Å²) in [7, 11) is 1.62. The molecule has 2 radical (unpaired) electrons. The van der Waals surface area contributed by atoms with Gasteiger partial charge in [0.2, 0.25) is 0 Å². The van der Waals surface area contributed by atoms with Crippen LogP contribution in [-0.2, 0) is 9.47 Å². The lowest BCUT2D eigenvalue weighted by atomic mass is 10.7. The number of ether oxygens (including phenoxy) is 2. The van der Waals surface area contributed by atoms with Gasteiger partial charge in [-0.15, -0.1) is 0 Å². The Labute approximate surface area is 44.4 Å². The average Bonchev–Trinajstić information content (AvgIpc) is 1.69. The SMILES string of the molecule is [CH]COCCOC. The molecule has 0 aliphatic rings. The van der Waals surface area contributed by atoms with Crippen molar-refractivity contribution in [3.8, 4) is 0 Å². The summed E-state index contributed by atoms with van der Waals surface area (Å²) in [6.45, 7) is 6.49. The van der Waals surface area contributed by atoms with Gasteiger partial charge in [-0.05, 0) is 6.92 Å². The number of hydrogen-bond acceptors (Lipinski definition) is 2. The lowest BCUT2D eigenvalue weighted by Crippen LogP contribution is -2.00. The van der Waals surface area contributed by atoms with Crippen molar-refractivity contribution in [1.82, 2.24) is 0 Å². The molecule has 7 heavy (non-hydrogen) atoms. The van der Waals surface area contributed by atoms with Gasteiger partial charge >= 0.3 is 0 Å². The molecule has 0 aromatic heterocycles. The first-order valence-electron chi connectivity index (χ1n) is 2.18. The van der Waals surface area contributed by atoms with E-state index in [2.05, 4.69) is 4.74 Å². The molecule has 0 saturated carbocycles. The Bertz CT molecular complexity index is 25.3. The van der Waals surface area contributed by atoms with E-state index in [4.69, 9.17) is 11.7 Å². The highest BCUT2D eigenvalue weighted by atomic mass is 16.5. The molecule has 0 aliphatic carbocycles. The maximum atomic E-state index is 4.99. The van der Waals surface area contributed by atoms with Gasteiger partial charge in [0, 0.05) is 7.11 Å². The molecule has 0 saturated heterocycles. The summed E-state index contributed by atoms with van der Waals surface area (Å²) in [6.07, 6.45) is 0. The molecule has 0 bridgehead atoms. The fourth-order valence-electron chi connectivity index (χ4n) is 0.226. The number of rotatable bonds is 4. The second-order valence-corrected chi connectivity index (χ2v) is 1.07. The first-order valence-corrected chi connectivity index (χ1v) is 2.18. The van der Waals surface area contributed by atoms with Crippen molar-refractivity contribution in [3.05, 3.63) is 6.92 Å². The highest BCUT2D eigenvalue weighted by Gasteiger charge is 1.78. The van der Waals surface area contributed by atoms with Crippen LogP contribution in [0.3, 0.4) is 0 Å². The van der Waals surface area contributed by atoms with Crippen molar-refractivity contribution < 1.29 is 9.47 Å². The van der Waals surface area contributed by atoms with E-state index in [9.17, 15) is 0 Å². The zero-order valence-electron chi connectivity index (χ0n) is 4.52. The molecule has 0 aliphatic heterocycles. The van der Waals surface area contributed by atoms with Gasteiger partial charge in [0.1, 0.15) is 0 Å². The molecule has 0 fully saturated rings. The van der Waals surface area contributed by atoms with Gasteiger partial charge in [-0.1, -0.05) is 0 Å². The zero-order valence-corrected chi connectivity index (χ0v) is 4.52. The third kappa shape index (κ3) is 5.92. The van der Waals surface area contributed by atoms with Crippen LogP contribution >= 0.6 is 0 Å². The van der Waals surface area contributed by atoms with Crippen LogP contribution in [0.2, 0.25) is 0 Å². The van der Waals surface area contributed by atoms with Crippen molar-refractivity contribution in [1.29, 1.82) is 0 Å². The first kappa shape index (κ1) is 6.92. The van der Waals surface area contributed by atoms with E-state index in [0.29, 0.717) is 13.2 Å². The fraction of sp³-hybridized carbons (Fsp3) is 0.800. The van der Waals surface area contributed by atoms with Gasteiger partial charge < -0.3 is 9.47 Å². The summed E-state index contributed by atoms with van der Waals surface area (Å²) in [5.74, 6) is 0. The molecule has 0 heterocycles.